The molecule has 0 radical (unpaired) electrons. The Morgan fingerprint density at radius 2 is 2.00 bits per heavy atom. The van der Waals surface area contributed by atoms with Crippen LogP contribution in [0.3, 0.4) is 0 Å². The van der Waals surface area contributed by atoms with Gasteiger partial charge in [-0.15, -0.1) is 11.8 Å². The highest BCUT2D eigenvalue weighted by Crippen LogP contribution is 2.31. The molecule has 1 saturated carbocycles. The fourth-order valence-electron chi connectivity index (χ4n) is 2.21. The molecule has 108 valence electrons. The van der Waals surface area contributed by atoms with Crippen LogP contribution in [0.2, 0.25) is 0 Å². The maximum absolute atomic E-state index is 11.5. The number of thioether (sulfide) groups is 1. The van der Waals surface area contributed by atoms with Gasteiger partial charge < -0.3 is 9.94 Å². The predicted octanol–water partition coefficient (Wildman–Crippen LogP) is 1.44. The van der Waals surface area contributed by atoms with Crippen molar-refractivity contribution in [2.75, 3.05) is 5.75 Å². The third-order valence-corrected chi connectivity index (χ3v) is 4.22. The highest BCUT2D eigenvalue weighted by molar-refractivity contribution is 8.00. The van der Waals surface area contributed by atoms with Crippen LogP contribution in [0.4, 0.5) is 0 Å². The van der Waals surface area contributed by atoms with E-state index in [0.717, 1.165) is 24.3 Å². The maximum atomic E-state index is 11.5. The normalized spacial score (nSPS) is 22.6. The summed E-state index contributed by atoms with van der Waals surface area (Å²) in [6.45, 7) is 2.62. The van der Waals surface area contributed by atoms with E-state index in [9.17, 15) is 14.4 Å². The van der Waals surface area contributed by atoms with E-state index < -0.39 is 11.9 Å². The summed E-state index contributed by atoms with van der Waals surface area (Å²) in [5.74, 6) is -1.60. The number of amides is 1. The van der Waals surface area contributed by atoms with E-state index in [1.165, 1.54) is 25.6 Å². The van der Waals surface area contributed by atoms with Crippen molar-refractivity contribution in [2.45, 2.75) is 50.8 Å². The number of carboxylic acid groups (broad SMARTS) is 1. The van der Waals surface area contributed by atoms with Crippen LogP contribution in [0.1, 0.15) is 39.5 Å². The fraction of sp³-hybridized carbons (Fsp3) is 0.750. The molecule has 1 aliphatic rings. The molecule has 1 fully saturated rings. The molecule has 2 atom stereocenters. The lowest BCUT2D eigenvalue weighted by Gasteiger charge is -2.34. The molecule has 0 aromatic carbocycles. The van der Waals surface area contributed by atoms with Gasteiger partial charge in [-0.2, -0.15) is 5.06 Å². The zero-order chi connectivity index (χ0) is 14.4. The molecule has 0 aliphatic heterocycles. The minimum Gasteiger partial charge on any atom is -0.481 e. The second-order valence-corrected chi connectivity index (χ2v) is 5.86. The number of rotatable bonds is 4. The van der Waals surface area contributed by atoms with Crippen molar-refractivity contribution in [1.82, 2.24) is 5.06 Å². The van der Waals surface area contributed by atoms with Crippen molar-refractivity contribution in [3.63, 3.8) is 0 Å². The molecule has 1 amide bonds. The van der Waals surface area contributed by atoms with Gasteiger partial charge in [0.2, 0.25) is 0 Å². The quantitative estimate of drug-likeness (QED) is 0.788. The summed E-state index contributed by atoms with van der Waals surface area (Å²) < 4.78 is 0. The standard InChI is InChI=1S/C12H19NO5S/c1-8(14)13(18-9(2)15)10-4-3-5-11(6-10)19-7-12(16)17/h10-11H,3-7H2,1-2H3,(H,16,17). The number of hydrogen-bond donors (Lipinski definition) is 1. The van der Waals surface area contributed by atoms with E-state index in [4.69, 9.17) is 9.94 Å². The molecule has 19 heavy (non-hydrogen) atoms. The van der Waals surface area contributed by atoms with Gasteiger partial charge in [0.1, 0.15) is 0 Å². The number of hydrogen-bond acceptors (Lipinski definition) is 5. The van der Waals surface area contributed by atoms with Crippen LogP contribution in [0.5, 0.6) is 0 Å². The fourth-order valence-corrected chi connectivity index (χ4v) is 3.28. The average Bonchev–Trinajstić information content (AvgIpc) is 2.33. The van der Waals surface area contributed by atoms with Gasteiger partial charge in [-0.25, -0.2) is 0 Å². The Bertz CT molecular complexity index is 360. The molecule has 7 heteroatoms. The Hall–Kier alpha value is -1.24. The van der Waals surface area contributed by atoms with E-state index in [0.29, 0.717) is 6.42 Å². The first-order valence-electron chi connectivity index (χ1n) is 6.22. The molecule has 0 bridgehead atoms. The molecule has 0 spiro atoms. The molecule has 0 aromatic rings. The first kappa shape index (κ1) is 15.8. The van der Waals surface area contributed by atoms with Gasteiger partial charge in [-0.1, -0.05) is 6.42 Å². The lowest BCUT2D eigenvalue weighted by atomic mass is 9.94. The van der Waals surface area contributed by atoms with Gasteiger partial charge in [0.15, 0.2) is 0 Å². The van der Waals surface area contributed by atoms with Crippen molar-refractivity contribution in [2.24, 2.45) is 0 Å². The van der Waals surface area contributed by atoms with Gasteiger partial charge in [0, 0.05) is 19.1 Å². The minimum absolute atomic E-state index is 0.0605. The van der Waals surface area contributed by atoms with Crippen molar-refractivity contribution in [1.29, 1.82) is 0 Å². The van der Waals surface area contributed by atoms with Crippen molar-refractivity contribution >= 4 is 29.6 Å². The Morgan fingerprint density at radius 3 is 2.53 bits per heavy atom. The summed E-state index contributed by atoms with van der Waals surface area (Å²) in [6, 6.07) is -0.151. The van der Waals surface area contributed by atoms with E-state index in [2.05, 4.69) is 0 Å². The summed E-state index contributed by atoms with van der Waals surface area (Å²) in [5.41, 5.74) is 0. The summed E-state index contributed by atoms with van der Waals surface area (Å²) in [4.78, 5) is 38.0. The predicted molar refractivity (Wildman–Crippen MR) is 70.4 cm³/mol. The largest absolute Gasteiger partial charge is 0.481 e. The van der Waals surface area contributed by atoms with Gasteiger partial charge in [0.05, 0.1) is 11.8 Å². The SMILES string of the molecule is CC(=O)ON(C(C)=O)C1CCCC(SCC(=O)O)C1. The van der Waals surface area contributed by atoms with Crippen LogP contribution in [-0.2, 0) is 19.2 Å². The van der Waals surface area contributed by atoms with Gasteiger partial charge in [0.25, 0.3) is 5.91 Å². The Balaban J connectivity index is 2.57. The zero-order valence-electron chi connectivity index (χ0n) is 11.1. The number of hydroxylamine groups is 2. The minimum atomic E-state index is -0.837. The number of carboxylic acids is 1. The molecule has 6 nitrogen and oxygen atoms in total. The average molecular weight is 289 g/mol. The summed E-state index contributed by atoms with van der Waals surface area (Å²) in [5, 5.41) is 9.99. The number of carbonyl (C=O) groups excluding carboxylic acids is 2. The highest BCUT2D eigenvalue weighted by Gasteiger charge is 2.31. The maximum Gasteiger partial charge on any atom is 0.329 e. The second kappa shape index (κ2) is 7.37. The third kappa shape index (κ3) is 5.50. The number of nitrogens with zero attached hydrogens (tertiary/aromatic N) is 1. The summed E-state index contributed by atoms with van der Waals surface area (Å²) in [7, 11) is 0. The van der Waals surface area contributed by atoms with Crippen LogP contribution in [-0.4, -0.2) is 45.1 Å². The molecule has 0 saturated heterocycles. The van der Waals surface area contributed by atoms with Gasteiger partial charge >= 0.3 is 11.9 Å². The van der Waals surface area contributed by atoms with Crippen LogP contribution >= 0.6 is 11.8 Å². The van der Waals surface area contributed by atoms with E-state index >= 15 is 0 Å². The van der Waals surface area contributed by atoms with Crippen LogP contribution in [0.25, 0.3) is 0 Å². The second-order valence-electron chi connectivity index (χ2n) is 4.57. The third-order valence-electron chi connectivity index (χ3n) is 2.91. The Labute approximate surface area is 116 Å². The van der Waals surface area contributed by atoms with Crippen molar-refractivity contribution in [3.05, 3.63) is 0 Å². The molecular weight excluding hydrogens is 270 g/mol. The van der Waals surface area contributed by atoms with Crippen LogP contribution in [0, 0.1) is 0 Å². The van der Waals surface area contributed by atoms with Gasteiger partial charge in [-0.05, 0) is 19.3 Å². The molecule has 0 aromatic heterocycles. The van der Waals surface area contributed by atoms with Gasteiger partial charge in [-0.3, -0.25) is 14.4 Å². The zero-order valence-corrected chi connectivity index (χ0v) is 11.9. The summed E-state index contributed by atoms with van der Waals surface area (Å²) in [6.07, 6.45) is 3.26. The van der Waals surface area contributed by atoms with Crippen molar-refractivity contribution in [3.8, 4) is 0 Å². The van der Waals surface area contributed by atoms with Crippen LogP contribution in [0.15, 0.2) is 0 Å². The molecule has 0 heterocycles. The highest BCUT2D eigenvalue weighted by atomic mass is 32.2. The topological polar surface area (TPSA) is 83.9 Å². The lowest BCUT2D eigenvalue weighted by Crippen LogP contribution is -2.43. The Kier molecular flexibility index (Phi) is 6.14. The summed E-state index contributed by atoms with van der Waals surface area (Å²) >= 11 is 1.38. The first-order chi connectivity index (χ1) is 8.90. The van der Waals surface area contributed by atoms with E-state index in [1.807, 2.05) is 0 Å². The first-order valence-corrected chi connectivity index (χ1v) is 7.26. The molecule has 1 aliphatic carbocycles. The smallest absolute Gasteiger partial charge is 0.329 e. The number of aliphatic carboxylic acids is 1. The number of carbonyl (C=O) groups is 3. The molecule has 1 rings (SSSR count). The molecule has 2 unspecified atom stereocenters. The molecular formula is C12H19NO5S. The Morgan fingerprint density at radius 1 is 1.32 bits per heavy atom. The van der Waals surface area contributed by atoms with E-state index in [-0.39, 0.29) is 23.0 Å². The van der Waals surface area contributed by atoms with E-state index in [1.54, 1.807) is 0 Å². The van der Waals surface area contributed by atoms with Crippen molar-refractivity contribution < 1.29 is 24.3 Å². The monoisotopic (exact) mass is 289 g/mol. The molecule has 1 N–H and O–H groups in total. The van der Waals surface area contributed by atoms with Crippen LogP contribution < -0.4 is 0 Å². The lowest BCUT2D eigenvalue weighted by molar-refractivity contribution is -0.206.